The number of carboxylic acids is 2. The molecule has 0 unspecified atom stereocenters. The molecule has 0 saturated heterocycles. The average molecular weight is 416 g/mol. The number of amides is 1. The molecule has 2 aromatic heterocycles. The van der Waals surface area contributed by atoms with Crippen LogP contribution in [0.3, 0.4) is 0 Å². The summed E-state index contributed by atoms with van der Waals surface area (Å²) in [5.41, 5.74) is 1.11. The lowest BCUT2D eigenvalue weighted by Crippen LogP contribution is -2.14. The van der Waals surface area contributed by atoms with Crippen molar-refractivity contribution in [3.05, 3.63) is 83.2 Å². The number of benzene rings is 2. The first kappa shape index (κ1) is 19.8. The third kappa shape index (κ3) is 3.84. The maximum atomic E-state index is 12.8. The Balaban J connectivity index is 1.65. The predicted molar refractivity (Wildman–Crippen MR) is 112 cm³/mol. The van der Waals surface area contributed by atoms with E-state index >= 15 is 0 Å². The number of carbonyl (C=O) groups excluding carboxylic acids is 1. The maximum Gasteiger partial charge on any atom is 0.335 e. The van der Waals surface area contributed by atoms with Crippen molar-refractivity contribution >= 4 is 34.4 Å². The van der Waals surface area contributed by atoms with Crippen LogP contribution in [0.5, 0.6) is 0 Å². The van der Waals surface area contributed by atoms with Gasteiger partial charge in [-0.15, -0.1) is 0 Å². The third-order valence-corrected chi connectivity index (χ3v) is 4.74. The summed E-state index contributed by atoms with van der Waals surface area (Å²) in [4.78, 5) is 39.9. The monoisotopic (exact) mass is 416 g/mol. The van der Waals surface area contributed by atoms with Crippen molar-refractivity contribution in [3.63, 3.8) is 0 Å². The van der Waals surface area contributed by atoms with E-state index in [-0.39, 0.29) is 22.4 Å². The fourth-order valence-electron chi connectivity index (χ4n) is 3.18. The number of aromatic carboxylic acids is 2. The van der Waals surface area contributed by atoms with E-state index in [0.29, 0.717) is 11.5 Å². The molecule has 0 atom stereocenters. The molecule has 0 aliphatic carbocycles. The minimum Gasteiger partial charge on any atom is -0.478 e. The molecule has 4 aromatic rings. The molecule has 9 nitrogen and oxygen atoms in total. The number of rotatable bonds is 5. The first-order valence-corrected chi connectivity index (χ1v) is 9.17. The second-order valence-corrected chi connectivity index (χ2v) is 6.78. The van der Waals surface area contributed by atoms with E-state index in [1.165, 1.54) is 23.0 Å². The Morgan fingerprint density at radius 3 is 2.29 bits per heavy atom. The van der Waals surface area contributed by atoms with Crippen molar-refractivity contribution in [1.29, 1.82) is 0 Å². The van der Waals surface area contributed by atoms with Gasteiger partial charge in [0.2, 0.25) is 0 Å². The van der Waals surface area contributed by atoms with E-state index in [9.17, 15) is 24.6 Å². The number of hydrogen-bond acceptors (Lipinski definition) is 5. The molecular formula is C22H16N4O5. The molecule has 1 amide bonds. The molecule has 0 aliphatic rings. The highest BCUT2D eigenvalue weighted by atomic mass is 16.4. The molecule has 3 N–H and O–H groups in total. The molecule has 9 heteroatoms. The van der Waals surface area contributed by atoms with E-state index in [4.69, 9.17) is 0 Å². The van der Waals surface area contributed by atoms with Gasteiger partial charge in [-0.3, -0.25) is 4.79 Å². The van der Waals surface area contributed by atoms with Crippen LogP contribution in [0.2, 0.25) is 0 Å². The minimum atomic E-state index is -1.30. The van der Waals surface area contributed by atoms with Crippen LogP contribution in [0.25, 0.3) is 16.7 Å². The molecule has 0 bridgehead atoms. The van der Waals surface area contributed by atoms with Crippen LogP contribution < -0.4 is 5.32 Å². The van der Waals surface area contributed by atoms with Crippen LogP contribution in [0.15, 0.2) is 60.8 Å². The average Bonchev–Trinajstić information content (AvgIpc) is 3.14. The quantitative estimate of drug-likeness (QED) is 0.454. The molecule has 4 rings (SSSR count). The van der Waals surface area contributed by atoms with Gasteiger partial charge in [-0.1, -0.05) is 18.2 Å². The normalized spacial score (nSPS) is 10.7. The lowest BCUT2D eigenvalue weighted by atomic mass is 10.1. The number of hydrogen-bond donors (Lipinski definition) is 3. The Hall–Kier alpha value is -4.53. The minimum absolute atomic E-state index is 0.0540. The zero-order valence-corrected chi connectivity index (χ0v) is 16.2. The summed E-state index contributed by atoms with van der Waals surface area (Å²) in [5, 5.41) is 26.1. The fraction of sp³-hybridized carbons (Fsp3) is 0.0455. The number of aromatic nitrogens is 3. The highest BCUT2D eigenvalue weighted by Gasteiger charge is 2.18. The van der Waals surface area contributed by atoms with Gasteiger partial charge < -0.3 is 15.5 Å². The first-order valence-electron chi connectivity index (χ1n) is 9.17. The Labute approximate surface area is 175 Å². The van der Waals surface area contributed by atoms with Crippen molar-refractivity contribution in [3.8, 4) is 5.82 Å². The highest BCUT2D eigenvalue weighted by Crippen LogP contribution is 2.20. The van der Waals surface area contributed by atoms with Gasteiger partial charge in [-0.25, -0.2) is 19.3 Å². The van der Waals surface area contributed by atoms with Crippen molar-refractivity contribution in [1.82, 2.24) is 14.8 Å². The summed E-state index contributed by atoms with van der Waals surface area (Å²) in [6.45, 7) is 1.70. The molecule has 2 heterocycles. The van der Waals surface area contributed by atoms with Gasteiger partial charge in [0.25, 0.3) is 5.91 Å². The Morgan fingerprint density at radius 1 is 0.935 bits per heavy atom. The molecular weight excluding hydrogens is 400 g/mol. The number of pyridine rings is 1. The largest absolute Gasteiger partial charge is 0.478 e. The van der Waals surface area contributed by atoms with Gasteiger partial charge in [-0.2, -0.15) is 5.10 Å². The molecule has 0 fully saturated rings. The van der Waals surface area contributed by atoms with Crippen LogP contribution in [0, 0.1) is 6.92 Å². The molecule has 31 heavy (non-hydrogen) atoms. The summed E-state index contributed by atoms with van der Waals surface area (Å²) in [6, 6.07) is 14.7. The van der Waals surface area contributed by atoms with Crippen LogP contribution in [-0.4, -0.2) is 42.8 Å². The zero-order valence-electron chi connectivity index (χ0n) is 16.2. The number of nitrogens with zero attached hydrogens (tertiary/aromatic N) is 3. The van der Waals surface area contributed by atoms with Crippen LogP contribution >= 0.6 is 0 Å². The fourth-order valence-corrected chi connectivity index (χ4v) is 3.18. The summed E-state index contributed by atoms with van der Waals surface area (Å²) in [6.07, 6.45) is 1.38. The highest BCUT2D eigenvalue weighted by molar-refractivity contribution is 6.06. The van der Waals surface area contributed by atoms with Crippen molar-refractivity contribution in [2.24, 2.45) is 0 Å². The summed E-state index contributed by atoms with van der Waals surface area (Å²) >= 11 is 0. The molecule has 154 valence electrons. The Kier molecular flexibility index (Phi) is 4.92. The SMILES string of the molecule is Cc1c(C(=O)Nc2cc(C(=O)O)cc(C(=O)O)c2)cnn1-c1ccc2ccccc2n1. The topological polar surface area (TPSA) is 134 Å². The Morgan fingerprint density at radius 2 is 1.61 bits per heavy atom. The number of nitrogens with one attached hydrogen (secondary N) is 1. The first-order chi connectivity index (χ1) is 14.8. The van der Waals surface area contributed by atoms with Gasteiger partial charge in [0.15, 0.2) is 5.82 Å². The van der Waals surface area contributed by atoms with Gasteiger partial charge in [0, 0.05) is 11.1 Å². The van der Waals surface area contributed by atoms with Gasteiger partial charge in [-0.05, 0) is 43.3 Å². The lowest BCUT2D eigenvalue weighted by molar-refractivity contribution is 0.0696. The molecule has 2 aromatic carbocycles. The van der Waals surface area contributed by atoms with Crippen LogP contribution in [0.4, 0.5) is 5.69 Å². The van der Waals surface area contributed by atoms with Gasteiger partial charge in [0.1, 0.15) is 0 Å². The predicted octanol–water partition coefficient (Wildman–Crippen LogP) is 3.38. The van der Waals surface area contributed by atoms with Crippen LogP contribution in [-0.2, 0) is 0 Å². The van der Waals surface area contributed by atoms with E-state index < -0.39 is 17.8 Å². The molecule has 0 aliphatic heterocycles. The third-order valence-electron chi connectivity index (χ3n) is 4.74. The standard InChI is InChI=1S/C22H16N4O5/c1-12-17(11-23-26(12)19-7-6-13-4-2-3-5-18(13)25-19)20(27)24-16-9-14(21(28)29)8-15(10-16)22(30)31/h2-11H,1H3,(H,24,27)(H,28,29)(H,30,31). The molecule has 0 spiro atoms. The summed E-state index contributed by atoms with van der Waals surface area (Å²) < 4.78 is 1.53. The second-order valence-electron chi connectivity index (χ2n) is 6.78. The maximum absolute atomic E-state index is 12.8. The summed E-state index contributed by atoms with van der Waals surface area (Å²) in [5.74, 6) is -2.62. The smallest absolute Gasteiger partial charge is 0.335 e. The second kappa shape index (κ2) is 7.71. The number of para-hydroxylation sites is 1. The van der Waals surface area contributed by atoms with Crippen molar-refractivity contribution in [2.75, 3.05) is 5.32 Å². The van der Waals surface area contributed by atoms with Crippen LogP contribution in [0.1, 0.15) is 36.8 Å². The van der Waals surface area contributed by atoms with Gasteiger partial charge in [0.05, 0.1) is 34.1 Å². The van der Waals surface area contributed by atoms with Crippen molar-refractivity contribution < 1.29 is 24.6 Å². The number of carbonyl (C=O) groups is 3. The number of anilines is 1. The number of carboxylic acid groups (broad SMARTS) is 2. The zero-order chi connectivity index (χ0) is 22.1. The Bertz CT molecular complexity index is 1330. The number of fused-ring (bicyclic) bond motifs is 1. The lowest BCUT2D eigenvalue weighted by Gasteiger charge is -2.08. The van der Waals surface area contributed by atoms with Crippen molar-refractivity contribution in [2.45, 2.75) is 6.92 Å². The molecule has 0 saturated carbocycles. The van der Waals surface area contributed by atoms with E-state index in [0.717, 1.165) is 17.0 Å². The van der Waals surface area contributed by atoms with E-state index in [1.54, 1.807) is 13.0 Å². The molecule has 0 radical (unpaired) electrons. The van der Waals surface area contributed by atoms with Gasteiger partial charge >= 0.3 is 11.9 Å². The summed E-state index contributed by atoms with van der Waals surface area (Å²) in [7, 11) is 0. The van der Waals surface area contributed by atoms with E-state index in [2.05, 4.69) is 15.4 Å². The van der Waals surface area contributed by atoms with E-state index in [1.807, 2.05) is 30.3 Å².